The fourth-order valence-electron chi connectivity index (χ4n) is 5.00. The summed E-state index contributed by atoms with van der Waals surface area (Å²) < 4.78 is 11.2. The molecule has 5 rings (SSSR count). The summed E-state index contributed by atoms with van der Waals surface area (Å²) in [7, 11) is 1.70. The molecule has 0 spiro atoms. The molecule has 0 radical (unpaired) electrons. The second kappa shape index (κ2) is 9.51. The number of hydrogen-bond donors (Lipinski definition) is 0. The maximum absolute atomic E-state index is 13.1. The molecule has 0 N–H and O–H groups in total. The minimum absolute atomic E-state index is 0.0197. The molecule has 3 aromatic rings. The summed E-state index contributed by atoms with van der Waals surface area (Å²) in [6, 6.07) is 29.0. The number of methoxy groups -OCH3 is 1. The van der Waals surface area contributed by atoms with Gasteiger partial charge in [-0.3, -0.25) is 4.79 Å². The Balaban J connectivity index is 1.56. The van der Waals surface area contributed by atoms with Gasteiger partial charge in [-0.25, -0.2) is 0 Å². The van der Waals surface area contributed by atoms with Crippen LogP contribution < -0.4 is 4.74 Å². The van der Waals surface area contributed by atoms with E-state index in [2.05, 4.69) is 65.7 Å². The number of amides is 1. The van der Waals surface area contributed by atoms with Gasteiger partial charge < -0.3 is 19.3 Å². The van der Waals surface area contributed by atoms with Crippen LogP contribution in [0.4, 0.5) is 0 Å². The first-order valence-corrected chi connectivity index (χ1v) is 11.3. The summed E-state index contributed by atoms with van der Waals surface area (Å²) in [4.78, 5) is 17.4. The average Bonchev–Trinajstić information content (AvgIpc) is 2.86. The molecular weight excluding hydrogens is 412 g/mol. The molecule has 168 valence electrons. The van der Waals surface area contributed by atoms with E-state index in [-0.39, 0.29) is 24.5 Å². The Bertz CT molecular complexity index is 1090. The van der Waals surface area contributed by atoms with Crippen molar-refractivity contribution in [1.82, 2.24) is 9.80 Å². The van der Waals surface area contributed by atoms with Crippen molar-refractivity contribution in [1.29, 1.82) is 0 Å². The molecule has 0 bridgehead atoms. The van der Waals surface area contributed by atoms with Crippen LogP contribution in [-0.2, 0) is 16.1 Å². The van der Waals surface area contributed by atoms with Gasteiger partial charge in [0.05, 0.1) is 25.5 Å². The van der Waals surface area contributed by atoms with Crippen molar-refractivity contribution >= 4 is 5.91 Å². The number of rotatable bonds is 6. The largest absolute Gasteiger partial charge is 0.496 e. The molecule has 2 heterocycles. The van der Waals surface area contributed by atoms with Crippen molar-refractivity contribution in [2.75, 3.05) is 26.9 Å². The third-order valence-corrected chi connectivity index (χ3v) is 6.41. The summed E-state index contributed by atoms with van der Waals surface area (Å²) >= 11 is 0. The number of hydrogen-bond acceptors (Lipinski definition) is 4. The highest BCUT2D eigenvalue weighted by molar-refractivity contribution is 5.81. The molecule has 1 unspecified atom stereocenters. The molecule has 5 nitrogen and oxygen atoms in total. The van der Waals surface area contributed by atoms with E-state index < -0.39 is 0 Å². The Hall–Kier alpha value is -3.57. The van der Waals surface area contributed by atoms with Gasteiger partial charge >= 0.3 is 0 Å². The first-order valence-electron chi connectivity index (χ1n) is 11.3. The number of nitrogens with zero attached hydrogens (tertiary/aromatic N) is 2. The first-order chi connectivity index (χ1) is 16.2. The summed E-state index contributed by atoms with van der Waals surface area (Å²) in [5.41, 5.74) is 4.43. The van der Waals surface area contributed by atoms with E-state index >= 15 is 0 Å². The molecular formula is C28H28N2O3. The average molecular weight is 441 g/mol. The minimum Gasteiger partial charge on any atom is -0.496 e. The van der Waals surface area contributed by atoms with E-state index in [0.29, 0.717) is 19.7 Å². The lowest BCUT2D eigenvalue weighted by Crippen LogP contribution is -2.55. The van der Waals surface area contributed by atoms with E-state index in [1.165, 1.54) is 11.1 Å². The monoisotopic (exact) mass is 440 g/mol. The molecule has 1 saturated heterocycles. The topological polar surface area (TPSA) is 42.0 Å². The Labute approximate surface area is 194 Å². The summed E-state index contributed by atoms with van der Waals surface area (Å²) in [5, 5.41) is 0. The Morgan fingerprint density at radius 3 is 2.21 bits per heavy atom. The zero-order valence-electron chi connectivity index (χ0n) is 18.8. The zero-order valence-corrected chi connectivity index (χ0v) is 18.8. The van der Waals surface area contributed by atoms with Crippen molar-refractivity contribution in [3.8, 4) is 5.75 Å². The van der Waals surface area contributed by atoms with Crippen molar-refractivity contribution in [3.05, 3.63) is 114 Å². The van der Waals surface area contributed by atoms with Crippen LogP contribution in [0.3, 0.4) is 0 Å². The number of ether oxygens (including phenoxy) is 2. The fourth-order valence-corrected chi connectivity index (χ4v) is 5.00. The molecule has 0 aromatic heterocycles. The van der Waals surface area contributed by atoms with E-state index in [9.17, 15) is 4.79 Å². The Morgan fingerprint density at radius 1 is 0.909 bits per heavy atom. The molecule has 0 aliphatic carbocycles. The van der Waals surface area contributed by atoms with Crippen LogP contribution in [0.25, 0.3) is 0 Å². The molecule has 33 heavy (non-hydrogen) atoms. The number of morpholine rings is 1. The highest BCUT2D eigenvalue weighted by Crippen LogP contribution is 2.37. The van der Waals surface area contributed by atoms with Crippen LogP contribution in [0, 0.1) is 0 Å². The van der Waals surface area contributed by atoms with Crippen LogP contribution in [0.5, 0.6) is 5.75 Å². The molecule has 0 saturated carbocycles. The lowest BCUT2D eigenvalue weighted by molar-refractivity contribution is -0.142. The third kappa shape index (κ3) is 4.37. The van der Waals surface area contributed by atoms with Gasteiger partial charge in [-0.1, -0.05) is 78.9 Å². The Kier molecular flexibility index (Phi) is 6.13. The predicted molar refractivity (Wildman–Crippen MR) is 128 cm³/mol. The van der Waals surface area contributed by atoms with Crippen LogP contribution in [0.1, 0.15) is 22.6 Å². The first kappa shape index (κ1) is 21.3. The van der Waals surface area contributed by atoms with Gasteiger partial charge in [0.1, 0.15) is 12.4 Å². The highest BCUT2D eigenvalue weighted by Gasteiger charge is 2.40. The number of carbonyl (C=O) groups is 1. The lowest BCUT2D eigenvalue weighted by atomic mass is 9.82. The van der Waals surface area contributed by atoms with Crippen LogP contribution in [0.2, 0.25) is 0 Å². The van der Waals surface area contributed by atoms with Gasteiger partial charge in [-0.05, 0) is 17.2 Å². The second-order valence-corrected chi connectivity index (χ2v) is 8.48. The van der Waals surface area contributed by atoms with Crippen LogP contribution >= 0.6 is 0 Å². The molecule has 3 aromatic carbocycles. The van der Waals surface area contributed by atoms with Gasteiger partial charge in [0, 0.05) is 30.8 Å². The van der Waals surface area contributed by atoms with E-state index in [1.807, 2.05) is 35.2 Å². The van der Waals surface area contributed by atoms with Gasteiger partial charge in [-0.15, -0.1) is 0 Å². The SMILES string of the molecule is COc1ccccc1CN1C=C2COCC(=O)N2C(C(c2ccccc2)c2ccccc2)C1. The lowest BCUT2D eigenvalue weighted by Gasteiger charge is -2.46. The molecule has 2 aliphatic rings. The van der Waals surface area contributed by atoms with Gasteiger partial charge in [-0.2, -0.15) is 0 Å². The maximum atomic E-state index is 13.1. The number of fused-ring (bicyclic) bond motifs is 1. The molecule has 5 heteroatoms. The minimum atomic E-state index is -0.0547. The van der Waals surface area contributed by atoms with E-state index in [4.69, 9.17) is 9.47 Å². The predicted octanol–water partition coefficient (Wildman–Crippen LogP) is 4.41. The molecule has 1 amide bonds. The number of benzene rings is 3. The number of carbonyl (C=O) groups excluding carboxylic acids is 1. The van der Waals surface area contributed by atoms with Crippen molar-refractivity contribution in [2.45, 2.75) is 18.5 Å². The molecule has 2 aliphatic heterocycles. The van der Waals surface area contributed by atoms with Gasteiger partial charge in [0.15, 0.2) is 0 Å². The smallest absolute Gasteiger partial charge is 0.253 e. The van der Waals surface area contributed by atoms with E-state index in [0.717, 1.165) is 17.0 Å². The Morgan fingerprint density at radius 2 is 1.55 bits per heavy atom. The summed E-state index contributed by atoms with van der Waals surface area (Å²) in [6.45, 7) is 1.96. The fraction of sp³-hybridized carbons (Fsp3) is 0.250. The van der Waals surface area contributed by atoms with Gasteiger partial charge in [0.25, 0.3) is 5.91 Å². The zero-order chi connectivity index (χ0) is 22.6. The summed E-state index contributed by atoms with van der Waals surface area (Å²) in [6.07, 6.45) is 2.08. The van der Waals surface area contributed by atoms with Crippen molar-refractivity contribution in [3.63, 3.8) is 0 Å². The van der Waals surface area contributed by atoms with Gasteiger partial charge in [0.2, 0.25) is 0 Å². The molecule has 1 atom stereocenters. The quantitative estimate of drug-likeness (QED) is 0.569. The van der Waals surface area contributed by atoms with Crippen LogP contribution in [-0.4, -0.2) is 48.6 Å². The van der Waals surface area contributed by atoms with Crippen LogP contribution in [0.15, 0.2) is 96.8 Å². The van der Waals surface area contributed by atoms with Crippen molar-refractivity contribution < 1.29 is 14.3 Å². The second-order valence-electron chi connectivity index (χ2n) is 8.48. The molecule has 1 fully saturated rings. The summed E-state index contributed by atoms with van der Waals surface area (Å²) in [5.74, 6) is 0.929. The normalized spacial score (nSPS) is 18.2. The number of para-hydroxylation sites is 1. The van der Waals surface area contributed by atoms with Crippen molar-refractivity contribution in [2.24, 2.45) is 0 Å². The highest BCUT2D eigenvalue weighted by atomic mass is 16.5. The maximum Gasteiger partial charge on any atom is 0.253 e. The third-order valence-electron chi connectivity index (χ3n) is 6.41. The van der Waals surface area contributed by atoms with E-state index in [1.54, 1.807) is 7.11 Å². The standard InChI is InChI=1S/C28H28N2O3/c1-32-26-15-9-8-14-23(26)16-29-17-24-19-33-20-27(31)30(24)25(18-29)28(21-10-4-2-5-11-21)22-12-6-3-7-13-22/h2-15,17,25,28H,16,18-20H2,1H3.